The maximum atomic E-state index is 13.1. The normalized spacial score (nSPS) is 19.0. The largest absolute Gasteiger partial charge is 0.392 e. The van der Waals surface area contributed by atoms with Crippen LogP contribution in [0.25, 0.3) is 44.2 Å². The van der Waals surface area contributed by atoms with Crippen molar-refractivity contribution in [2.24, 2.45) is 0 Å². The lowest BCUT2D eigenvalue weighted by Crippen LogP contribution is -2.31. The molecule has 0 saturated heterocycles. The van der Waals surface area contributed by atoms with E-state index in [1.807, 2.05) is 66.5 Å². The first-order valence-corrected chi connectivity index (χ1v) is 14.1. The van der Waals surface area contributed by atoms with Crippen molar-refractivity contribution >= 4 is 33.7 Å². The highest BCUT2D eigenvalue weighted by molar-refractivity contribution is 5.99. The van der Waals surface area contributed by atoms with Gasteiger partial charge in [0.1, 0.15) is 11.5 Å². The van der Waals surface area contributed by atoms with Crippen LogP contribution in [0.4, 0.5) is 10.6 Å². The van der Waals surface area contributed by atoms with Crippen LogP contribution in [0.3, 0.4) is 0 Å². The van der Waals surface area contributed by atoms with Gasteiger partial charge in [0.05, 0.1) is 30.1 Å². The van der Waals surface area contributed by atoms with Crippen molar-refractivity contribution in [3.63, 3.8) is 0 Å². The highest BCUT2D eigenvalue weighted by Crippen LogP contribution is 2.37. The number of aromatic nitrogens is 6. The summed E-state index contributed by atoms with van der Waals surface area (Å²) < 4.78 is 3.49. The van der Waals surface area contributed by atoms with Crippen molar-refractivity contribution in [1.29, 1.82) is 0 Å². The summed E-state index contributed by atoms with van der Waals surface area (Å²) in [6.07, 6.45) is 14.1. The van der Waals surface area contributed by atoms with Crippen LogP contribution in [0.1, 0.15) is 44.2 Å². The smallest absolute Gasteiger partial charge is 0.331 e. The molecular formula is C32H31N7O3. The van der Waals surface area contributed by atoms with Crippen LogP contribution in [-0.4, -0.2) is 51.1 Å². The molecular weight excluding hydrogens is 530 g/mol. The lowest BCUT2D eigenvalue weighted by molar-refractivity contribution is 0.00851. The summed E-state index contributed by atoms with van der Waals surface area (Å²) >= 11 is 0. The minimum absolute atomic E-state index is 0.263. The fourth-order valence-corrected chi connectivity index (χ4v) is 5.96. The van der Waals surface area contributed by atoms with Gasteiger partial charge in [-0.3, -0.25) is 14.6 Å². The summed E-state index contributed by atoms with van der Waals surface area (Å²) in [7, 11) is 0. The maximum absolute atomic E-state index is 13.1. The third kappa shape index (κ3) is 4.74. The van der Waals surface area contributed by atoms with Crippen LogP contribution in [0, 0.1) is 0 Å². The van der Waals surface area contributed by atoms with E-state index in [0.717, 1.165) is 64.2 Å². The van der Waals surface area contributed by atoms with Gasteiger partial charge in [-0.15, -0.1) is 0 Å². The molecule has 212 valence electrons. The standard InChI is InChI=1S/C32H31N7O3/c1-32(42)10-6-23(7-11-32)39-18-22(15-35-39)28-14-26-24(8-12-33-29(26)36-28)25-9-13-34-30(27(25)19-40)37-31(41)38-16-20-4-2-3-5-21(20)17-38/h2-5,8-9,12-18,23,40,42H,6-7,10-11,19H2,1H3,(H,33,36)(H,34,37,41). The van der Waals surface area contributed by atoms with Gasteiger partial charge >= 0.3 is 6.03 Å². The van der Waals surface area contributed by atoms with E-state index in [-0.39, 0.29) is 18.7 Å². The van der Waals surface area contributed by atoms with Crippen molar-refractivity contribution in [2.75, 3.05) is 5.32 Å². The Labute approximate surface area is 241 Å². The number of carbonyl (C=O) groups excluding carboxylic acids is 1. The summed E-state index contributed by atoms with van der Waals surface area (Å²) in [6, 6.07) is 13.4. The van der Waals surface area contributed by atoms with Gasteiger partial charge in [-0.05, 0) is 72.7 Å². The van der Waals surface area contributed by atoms with E-state index in [0.29, 0.717) is 17.0 Å². The number of H-pyrrole nitrogens is 1. The summed E-state index contributed by atoms with van der Waals surface area (Å²) in [6.45, 7) is 1.59. The fraction of sp³-hybridized carbons (Fsp3) is 0.250. The molecule has 4 N–H and O–H groups in total. The van der Waals surface area contributed by atoms with E-state index in [2.05, 4.69) is 25.4 Å². The van der Waals surface area contributed by atoms with Gasteiger partial charge in [0.2, 0.25) is 0 Å². The summed E-state index contributed by atoms with van der Waals surface area (Å²) in [5, 5.41) is 31.0. The topological polar surface area (TPSA) is 134 Å². The number of benzene rings is 1. The summed E-state index contributed by atoms with van der Waals surface area (Å²) in [4.78, 5) is 25.5. The number of aromatic amines is 1. The molecule has 10 nitrogen and oxygen atoms in total. The third-order valence-corrected chi connectivity index (χ3v) is 8.37. The number of nitrogens with one attached hydrogen (secondary N) is 2. The van der Waals surface area contributed by atoms with Crippen LogP contribution in [-0.2, 0) is 6.61 Å². The fourth-order valence-electron chi connectivity index (χ4n) is 5.96. The number of hydrogen-bond acceptors (Lipinski definition) is 6. The Hall–Kier alpha value is -4.80. The zero-order valence-electron chi connectivity index (χ0n) is 23.2. The number of carbonyl (C=O) groups is 1. The first-order chi connectivity index (χ1) is 20.4. The molecule has 0 unspecified atom stereocenters. The highest BCUT2D eigenvalue weighted by Gasteiger charge is 2.30. The van der Waals surface area contributed by atoms with E-state index in [9.17, 15) is 15.0 Å². The lowest BCUT2D eigenvalue weighted by Gasteiger charge is -2.33. The second-order valence-electron chi connectivity index (χ2n) is 11.3. The molecule has 0 aliphatic heterocycles. The van der Waals surface area contributed by atoms with Crippen molar-refractivity contribution in [1.82, 2.24) is 29.3 Å². The van der Waals surface area contributed by atoms with Gasteiger partial charge in [0, 0.05) is 47.5 Å². The molecule has 0 atom stereocenters. The van der Waals surface area contributed by atoms with E-state index < -0.39 is 5.60 Å². The molecule has 10 heteroatoms. The Morgan fingerprint density at radius 3 is 2.50 bits per heavy atom. The molecule has 1 amide bonds. The monoisotopic (exact) mass is 561 g/mol. The second-order valence-corrected chi connectivity index (χ2v) is 11.3. The molecule has 1 saturated carbocycles. The Balaban J connectivity index is 1.19. The summed E-state index contributed by atoms with van der Waals surface area (Å²) in [5.41, 5.74) is 4.06. The van der Waals surface area contributed by atoms with Crippen molar-refractivity contribution in [2.45, 2.75) is 50.9 Å². The number of aliphatic hydroxyl groups is 2. The van der Waals surface area contributed by atoms with Crippen molar-refractivity contribution in [3.05, 3.63) is 85.2 Å². The molecule has 1 aliphatic carbocycles. The van der Waals surface area contributed by atoms with Crippen molar-refractivity contribution in [3.8, 4) is 22.4 Å². The Kier molecular flexibility index (Phi) is 6.37. The maximum Gasteiger partial charge on any atom is 0.331 e. The molecule has 7 rings (SSSR count). The first-order valence-electron chi connectivity index (χ1n) is 14.1. The number of aliphatic hydroxyl groups excluding tert-OH is 1. The van der Waals surface area contributed by atoms with Crippen LogP contribution in [0.15, 0.2) is 79.6 Å². The predicted molar refractivity (Wildman–Crippen MR) is 161 cm³/mol. The Morgan fingerprint density at radius 2 is 1.76 bits per heavy atom. The molecule has 1 fully saturated rings. The predicted octanol–water partition coefficient (Wildman–Crippen LogP) is 5.88. The van der Waals surface area contributed by atoms with Gasteiger partial charge < -0.3 is 15.2 Å². The van der Waals surface area contributed by atoms with Crippen LogP contribution < -0.4 is 5.32 Å². The van der Waals surface area contributed by atoms with E-state index in [1.54, 1.807) is 24.8 Å². The molecule has 5 aromatic heterocycles. The zero-order valence-corrected chi connectivity index (χ0v) is 23.2. The molecule has 0 radical (unpaired) electrons. The van der Waals surface area contributed by atoms with Crippen LogP contribution in [0.5, 0.6) is 0 Å². The van der Waals surface area contributed by atoms with Crippen molar-refractivity contribution < 1.29 is 15.0 Å². The number of fused-ring (bicyclic) bond motifs is 2. The molecule has 6 aromatic rings. The minimum Gasteiger partial charge on any atom is -0.392 e. The molecule has 0 bridgehead atoms. The van der Waals surface area contributed by atoms with Gasteiger partial charge in [-0.25, -0.2) is 14.8 Å². The van der Waals surface area contributed by atoms with Gasteiger partial charge in [-0.1, -0.05) is 24.3 Å². The molecule has 1 aliphatic rings. The SMILES string of the molecule is CC1(O)CCC(n2cc(-c3cc4c(-c5ccnc(NC(=O)n6cc7ccccc7c6)c5CO)ccnc4[nH]3)cn2)CC1. The molecule has 0 spiro atoms. The van der Waals surface area contributed by atoms with E-state index >= 15 is 0 Å². The van der Waals surface area contributed by atoms with Gasteiger partial charge in [0.25, 0.3) is 0 Å². The Morgan fingerprint density at radius 1 is 1.05 bits per heavy atom. The Bertz CT molecular complexity index is 1890. The minimum atomic E-state index is -0.592. The van der Waals surface area contributed by atoms with Gasteiger partial charge in [-0.2, -0.15) is 5.10 Å². The zero-order chi connectivity index (χ0) is 28.8. The number of hydrogen-bond donors (Lipinski definition) is 4. The lowest BCUT2D eigenvalue weighted by atomic mass is 9.84. The number of nitrogens with zero attached hydrogens (tertiary/aromatic N) is 5. The van der Waals surface area contributed by atoms with Crippen LogP contribution in [0.2, 0.25) is 0 Å². The van der Waals surface area contributed by atoms with E-state index in [4.69, 9.17) is 0 Å². The number of rotatable bonds is 5. The number of pyridine rings is 2. The van der Waals surface area contributed by atoms with Crippen LogP contribution >= 0.6 is 0 Å². The molecule has 5 heterocycles. The first kappa shape index (κ1) is 26.1. The van der Waals surface area contributed by atoms with Gasteiger partial charge in [0.15, 0.2) is 0 Å². The molecule has 1 aromatic carbocycles. The highest BCUT2D eigenvalue weighted by atomic mass is 16.3. The molecule has 42 heavy (non-hydrogen) atoms. The average Bonchev–Trinajstić information content (AvgIpc) is 3.75. The second kappa shape index (κ2) is 10.2. The summed E-state index contributed by atoms with van der Waals surface area (Å²) in [5.74, 6) is 0.297. The third-order valence-electron chi connectivity index (χ3n) is 8.37. The van der Waals surface area contributed by atoms with E-state index in [1.165, 1.54) is 4.57 Å². The number of anilines is 1. The average molecular weight is 562 g/mol. The quantitative estimate of drug-likeness (QED) is 0.208. The number of amides is 1.